The van der Waals surface area contributed by atoms with E-state index in [9.17, 15) is 0 Å². The van der Waals surface area contributed by atoms with Crippen molar-refractivity contribution in [2.75, 3.05) is 0 Å². The summed E-state index contributed by atoms with van der Waals surface area (Å²) >= 11 is 19.4. The van der Waals surface area contributed by atoms with Gasteiger partial charge in [-0.05, 0) is 51.7 Å². The molecular weight excluding hydrogens is 427 g/mol. The van der Waals surface area contributed by atoms with E-state index in [1.165, 1.54) is 0 Å². The van der Waals surface area contributed by atoms with Crippen LogP contribution in [-0.2, 0) is 6.42 Å². The third-order valence-corrected chi connectivity index (χ3v) is 5.15. The van der Waals surface area contributed by atoms with Crippen molar-refractivity contribution in [2.24, 2.45) is 5.84 Å². The first-order chi connectivity index (χ1) is 9.52. The van der Waals surface area contributed by atoms with Crippen LogP contribution in [0, 0.1) is 0 Å². The van der Waals surface area contributed by atoms with E-state index in [4.69, 9.17) is 29.0 Å². The smallest absolute Gasteiger partial charge is 0.0596 e. The van der Waals surface area contributed by atoms with Gasteiger partial charge in [0.2, 0.25) is 0 Å². The lowest BCUT2D eigenvalue weighted by Crippen LogP contribution is -2.30. The highest BCUT2D eigenvalue weighted by molar-refractivity contribution is 9.10. The molecular formula is C14H12Br2Cl2N2. The van der Waals surface area contributed by atoms with Crippen molar-refractivity contribution in [1.82, 2.24) is 5.43 Å². The van der Waals surface area contributed by atoms with Crippen LogP contribution in [0.2, 0.25) is 10.0 Å². The molecule has 0 saturated carbocycles. The molecule has 0 aliphatic carbocycles. The lowest BCUT2D eigenvalue weighted by molar-refractivity contribution is 0.552. The summed E-state index contributed by atoms with van der Waals surface area (Å²) in [7, 11) is 0. The largest absolute Gasteiger partial charge is 0.271 e. The number of hydrogen-bond acceptors (Lipinski definition) is 2. The van der Waals surface area contributed by atoms with E-state index in [0.717, 1.165) is 20.1 Å². The second-order valence-corrected chi connectivity index (χ2v) is 6.86. The lowest BCUT2D eigenvalue weighted by Gasteiger charge is -2.19. The molecule has 0 radical (unpaired) electrons. The van der Waals surface area contributed by atoms with Crippen LogP contribution in [0.4, 0.5) is 0 Å². The molecule has 2 nitrogen and oxygen atoms in total. The Hall–Kier alpha value is -0.100. The molecule has 6 heteroatoms. The summed E-state index contributed by atoms with van der Waals surface area (Å²) in [4.78, 5) is 0. The minimum Gasteiger partial charge on any atom is -0.271 e. The van der Waals surface area contributed by atoms with Crippen LogP contribution in [0.5, 0.6) is 0 Å². The standard InChI is InChI=1S/C14H12Br2Cl2N2/c15-9-5-4-8(12(17)7-9)6-13(20-19)10-2-1-3-11(16)14(10)18/h1-5,7,13,20H,6,19H2. The fraction of sp³-hybridized carbons (Fsp3) is 0.143. The van der Waals surface area contributed by atoms with Crippen molar-refractivity contribution in [3.05, 3.63) is 66.5 Å². The van der Waals surface area contributed by atoms with Gasteiger partial charge >= 0.3 is 0 Å². The van der Waals surface area contributed by atoms with E-state index < -0.39 is 0 Å². The quantitative estimate of drug-likeness (QED) is 0.504. The fourth-order valence-corrected chi connectivity index (χ4v) is 3.35. The molecule has 3 N–H and O–H groups in total. The molecule has 106 valence electrons. The van der Waals surface area contributed by atoms with Crippen molar-refractivity contribution < 1.29 is 0 Å². The van der Waals surface area contributed by atoms with Crippen LogP contribution < -0.4 is 11.3 Å². The SMILES string of the molecule is NNC(Cc1ccc(Br)cc1Cl)c1cccc(Br)c1Cl. The topological polar surface area (TPSA) is 38.0 Å². The third-order valence-electron chi connectivity index (χ3n) is 3.00. The van der Waals surface area contributed by atoms with E-state index in [-0.39, 0.29) is 6.04 Å². The predicted molar refractivity (Wildman–Crippen MR) is 92.1 cm³/mol. The number of nitrogens with one attached hydrogen (secondary N) is 1. The van der Waals surface area contributed by atoms with Gasteiger partial charge in [-0.2, -0.15) is 0 Å². The summed E-state index contributed by atoms with van der Waals surface area (Å²) in [5.74, 6) is 5.68. The summed E-state index contributed by atoms with van der Waals surface area (Å²) < 4.78 is 1.79. The van der Waals surface area contributed by atoms with E-state index in [2.05, 4.69) is 37.3 Å². The zero-order chi connectivity index (χ0) is 14.7. The van der Waals surface area contributed by atoms with Crippen molar-refractivity contribution in [2.45, 2.75) is 12.5 Å². The van der Waals surface area contributed by atoms with Gasteiger partial charge in [0.1, 0.15) is 0 Å². The van der Waals surface area contributed by atoms with Gasteiger partial charge in [0.05, 0.1) is 11.1 Å². The second kappa shape index (κ2) is 7.25. The van der Waals surface area contributed by atoms with Gasteiger partial charge in [-0.1, -0.05) is 57.3 Å². The number of rotatable bonds is 4. The molecule has 20 heavy (non-hydrogen) atoms. The molecule has 0 bridgehead atoms. The Morgan fingerprint density at radius 2 is 1.90 bits per heavy atom. The maximum atomic E-state index is 6.32. The number of halogens is 4. The minimum absolute atomic E-state index is 0.112. The predicted octanol–water partition coefficient (Wildman–Crippen LogP) is 5.27. The van der Waals surface area contributed by atoms with Gasteiger partial charge < -0.3 is 0 Å². The minimum atomic E-state index is -0.112. The van der Waals surface area contributed by atoms with Crippen LogP contribution in [0.1, 0.15) is 17.2 Å². The Balaban J connectivity index is 2.31. The molecule has 2 aromatic rings. The molecule has 0 amide bonds. The van der Waals surface area contributed by atoms with Crippen molar-refractivity contribution in [3.8, 4) is 0 Å². The van der Waals surface area contributed by atoms with Gasteiger partial charge in [0.25, 0.3) is 0 Å². The van der Waals surface area contributed by atoms with E-state index in [1.54, 1.807) is 0 Å². The number of hydrazine groups is 1. The van der Waals surface area contributed by atoms with Crippen molar-refractivity contribution >= 4 is 55.1 Å². The van der Waals surface area contributed by atoms with E-state index in [0.29, 0.717) is 16.5 Å². The number of nitrogens with two attached hydrogens (primary N) is 1. The Labute approximate surface area is 144 Å². The average molecular weight is 439 g/mol. The van der Waals surface area contributed by atoms with Crippen molar-refractivity contribution in [3.63, 3.8) is 0 Å². The molecule has 0 spiro atoms. The summed E-state index contributed by atoms with van der Waals surface area (Å²) in [5.41, 5.74) is 4.74. The Kier molecular flexibility index (Phi) is 5.90. The van der Waals surface area contributed by atoms with E-state index in [1.807, 2.05) is 36.4 Å². The van der Waals surface area contributed by atoms with Crippen LogP contribution in [0.25, 0.3) is 0 Å². The lowest BCUT2D eigenvalue weighted by atomic mass is 9.99. The first-order valence-electron chi connectivity index (χ1n) is 5.87. The highest BCUT2D eigenvalue weighted by Gasteiger charge is 2.16. The molecule has 2 aromatic carbocycles. The van der Waals surface area contributed by atoms with Gasteiger partial charge in [-0.15, -0.1) is 0 Å². The van der Waals surface area contributed by atoms with Crippen LogP contribution in [0.15, 0.2) is 45.3 Å². The summed E-state index contributed by atoms with van der Waals surface area (Å²) in [6.07, 6.45) is 0.652. The Bertz CT molecular complexity index is 620. The summed E-state index contributed by atoms with van der Waals surface area (Å²) in [5, 5.41) is 1.36. The maximum Gasteiger partial charge on any atom is 0.0596 e. The summed E-state index contributed by atoms with van der Waals surface area (Å²) in [6, 6.07) is 11.5. The van der Waals surface area contributed by atoms with Crippen LogP contribution in [-0.4, -0.2) is 0 Å². The molecule has 0 saturated heterocycles. The monoisotopic (exact) mass is 436 g/mol. The molecule has 0 heterocycles. The molecule has 1 atom stereocenters. The molecule has 0 aromatic heterocycles. The van der Waals surface area contributed by atoms with Gasteiger partial charge in [-0.3, -0.25) is 11.3 Å². The number of hydrogen-bond donors (Lipinski definition) is 2. The molecule has 0 fully saturated rings. The first kappa shape index (κ1) is 16.3. The van der Waals surface area contributed by atoms with Crippen LogP contribution >= 0.6 is 55.1 Å². The van der Waals surface area contributed by atoms with Crippen molar-refractivity contribution in [1.29, 1.82) is 0 Å². The molecule has 0 aliphatic heterocycles. The Morgan fingerprint density at radius 1 is 1.15 bits per heavy atom. The first-order valence-corrected chi connectivity index (χ1v) is 8.21. The zero-order valence-electron chi connectivity index (χ0n) is 10.3. The molecule has 2 rings (SSSR count). The normalized spacial score (nSPS) is 12.4. The number of benzene rings is 2. The molecule has 1 unspecified atom stereocenters. The average Bonchev–Trinajstić information content (AvgIpc) is 2.42. The highest BCUT2D eigenvalue weighted by atomic mass is 79.9. The zero-order valence-corrected chi connectivity index (χ0v) is 15.0. The molecule has 0 aliphatic rings. The van der Waals surface area contributed by atoms with Gasteiger partial charge in [-0.25, -0.2) is 0 Å². The van der Waals surface area contributed by atoms with Gasteiger partial charge in [0.15, 0.2) is 0 Å². The fourth-order valence-electron chi connectivity index (χ4n) is 1.96. The van der Waals surface area contributed by atoms with Crippen LogP contribution in [0.3, 0.4) is 0 Å². The van der Waals surface area contributed by atoms with Gasteiger partial charge in [0, 0.05) is 14.0 Å². The summed E-state index contributed by atoms with van der Waals surface area (Å²) in [6.45, 7) is 0. The highest BCUT2D eigenvalue weighted by Crippen LogP contribution is 2.33. The van der Waals surface area contributed by atoms with E-state index >= 15 is 0 Å². The second-order valence-electron chi connectivity index (χ2n) is 4.30. The third kappa shape index (κ3) is 3.75. The maximum absolute atomic E-state index is 6.32. The Morgan fingerprint density at radius 3 is 2.55 bits per heavy atom.